The number of anilines is 1. The first-order valence-electron chi connectivity index (χ1n) is 12.4. The van der Waals surface area contributed by atoms with Crippen LogP contribution in [0.1, 0.15) is 47.4 Å². The van der Waals surface area contributed by atoms with E-state index in [1.165, 1.54) is 24.3 Å². The third kappa shape index (κ3) is 4.89. The molecular weight excluding hydrogens is 489 g/mol. The third-order valence-electron chi connectivity index (χ3n) is 6.66. The zero-order valence-electron chi connectivity index (χ0n) is 20.5. The first-order chi connectivity index (χ1) is 18.0. The Labute approximate surface area is 220 Å². The molecule has 3 aromatic carbocycles. The fourth-order valence-electron chi connectivity index (χ4n) is 4.84. The number of carbonyl (C=O) groups excluding carboxylic acids is 2. The highest BCUT2D eigenvalue weighted by Gasteiger charge is 2.37. The smallest absolute Gasteiger partial charge is 0.254 e. The maximum absolute atomic E-state index is 14.1. The Balaban J connectivity index is 1.55. The zero-order chi connectivity index (χ0) is 25.9. The number of carbonyl (C=O) groups is 2. The van der Waals surface area contributed by atoms with Gasteiger partial charge in [0.1, 0.15) is 18.4 Å². The molecule has 188 valence electrons. The minimum Gasteiger partial charge on any atom is -0.329 e. The van der Waals surface area contributed by atoms with Gasteiger partial charge in [-0.15, -0.1) is 0 Å². The zero-order valence-corrected chi connectivity index (χ0v) is 21.2. The van der Waals surface area contributed by atoms with Gasteiger partial charge in [-0.1, -0.05) is 49.2 Å². The van der Waals surface area contributed by atoms with Crippen molar-refractivity contribution >= 4 is 29.1 Å². The molecule has 0 saturated carbocycles. The van der Waals surface area contributed by atoms with Gasteiger partial charge in [0.25, 0.3) is 5.91 Å². The van der Waals surface area contributed by atoms with E-state index in [2.05, 4.69) is 4.57 Å². The molecule has 2 amide bonds. The maximum Gasteiger partial charge on any atom is 0.254 e. The molecule has 1 aromatic heterocycles. The minimum atomic E-state index is -0.411. The molecule has 0 bridgehead atoms. The largest absolute Gasteiger partial charge is 0.329 e. The standard InChI is InChI=1S/C30H27ClFN3O2/c1-2-3-18-33(30(37)22-12-16-24(32)17-13-22)20-28(36)35-26-8-5-4-7-25(26)34-19-6-9-27(34)29(35)21-10-14-23(31)15-11-21/h4-17,19,29H,2-3,18,20H2,1H3. The number of hydrogen-bond donors (Lipinski definition) is 0. The van der Waals surface area contributed by atoms with Crippen LogP contribution in [0.3, 0.4) is 0 Å². The van der Waals surface area contributed by atoms with Gasteiger partial charge in [-0.05, 0) is 72.6 Å². The molecule has 0 fully saturated rings. The van der Waals surface area contributed by atoms with E-state index in [0.29, 0.717) is 17.1 Å². The minimum absolute atomic E-state index is 0.102. The molecule has 0 radical (unpaired) electrons. The van der Waals surface area contributed by atoms with Crippen molar-refractivity contribution < 1.29 is 14.0 Å². The molecule has 2 heterocycles. The van der Waals surface area contributed by atoms with E-state index in [1.54, 1.807) is 9.80 Å². The maximum atomic E-state index is 14.1. The van der Waals surface area contributed by atoms with Crippen molar-refractivity contribution in [2.24, 2.45) is 0 Å². The van der Waals surface area contributed by atoms with E-state index in [4.69, 9.17) is 11.6 Å². The second-order valence-corrected chi connectivity index (χ2v) is 9.53. The molecule has 7 heteroatoms. The quantitative estimate of drug-likeness (QED) is 0.276. The van der Waals surface area contributed by atoms with Crippen LogP contribution < -0.4 is 4.90 Å². The molecule has 5 rings (SSSR count). The highest BCUT2D eigenvalue weighted by molar-refractivity contribution is 6.30. The molecule has 0 saturated heterocycles. The summed E-state index contributed by atoms with van der Waals surface area (Å²) >= 11 is 6.18. The molecule has 1 unspecified atom stereocenters. The van der Waals surface area contributed by atoms with Crippen molar-refractivity contribution in [3.63, 3.8) is 0 Å². The number of aromatic nitrogens is 1. The van der Waals surface area contributed by atoms with Crippen LogP contribution in [-0.2, 0) is 4.79 Å². The summed E-state index contributed by atoms with van der Waals surface area (Å²) in [5, 5.41) is 0.615. The van der Waals surface area contributed by atoms with Gasteiger partial charge >= 0.3 is 0 Å². The summed E-state index contributed by atoms with van der Waals surface area (Å²) in [6, 6.07) is 24.3. The molecule has 0 spiro atoms. The van der Waals surface area contributed by atoms with Gasteiger partial charge in [-0.3, -0.25) is 14.5 Å². The van der Waals surface area contributed by atoms with Gasteiger partial charge in [-0.25, -0.2) is 4.39 Å². The second kappa shape index (κ2) is 10.6. The average Bonchev–Trinajstić information content (AvgIpc) is 3.41. The van der Waals surface area contributed by atoms with E-state index >= 15 is 0 Å². The van der Waals surface area contributed by atoms with Gasteiger partial charge in [-0.2, -0.15) is 0 Å². The summed E-state index contributed by atoms with van der Waals surface area (Å²) in [5.74, 6) is -0.906. The van der Waals surface area contributed by atoms with Crippen LogP contribution in [0.4, 0.5) is 10.1 Å². The number of para-hydroxylation sites is 2. The number of amides is 2. The number of unbranched alkanes of at least 4 members (excludes halogenated alkanes) is 1. The van der Waals surface area contributed by atoms with Crippen LogP contribution in [0.2, 0.25) is 5.02 Å². The Morgan fingerprint density at radius 3 is 2.32 bits per heavy atom. The van der Waals surface area contributed by atoms with Gasteiger partial charge in [0.15, 0.2) is 0 Å². The van der Waals surface area contributed by atoms with Crippen LogP contribution in [-0.4, -0.2) is 34.4 Å². The number of halogens is 2. The van der Waals surface area contributed by atoms with Crippen molar-refractivity contribution in [2.45, 2.75) is 25.8 Å². The first-order valence-corrected chi connectivity index (χ1v) is 12.7. The molecule has 0 N–H and O–H groups in total. The van der Waals surface area contributed by atoms with Crippen molar-refractivity contribution in [3.8, 4) is 5.69 Å². The van der Waals surface area contributed by atoms with E-state index in [9.17, 15) is 14.0 Å². The van der Waals surface area contributed by atoms with Crippen LogP contribution in [0.5, 0.6) is 0 Å². The molecule has 1 atom stereocenters. The Morgan fingerprint density at radius 1 is 0.919 bits per heavy atom. The molecule has 1 aliphatic heterocycles. The fraction of sp³-hybridized carbons (Fsp3) is 0.200. The number of hydrogen-bond acceptors (Lipinski definition) is 2. The van der Waals surface area contributed by atoms with Gasteiger partial charge < -0.3 is 9.47 Å². The van der Waals surface area contributed by atoms with Gasteiger partial charge in [0.2, 0.25) is 5.91 Å². The molecule has 4 aromatic rings. The summed E-state index contributed by atoms with van der Waals surface area (Å²) in [6.07, 6.45) is 3.61. The number of rotatable bonds is 7. The molecule has 1 aliphatic rings. The highest BCUT2D eigenvalue weighted by atomic mass is 35.5. The summed E-state index contributed by atoms with van der Waals surface area (Å²) in [5.41, 5.74) is 3.87. The Kier molecular flexibility index (Phi) is 7.10. The van der Waals surface area contributed by atoms with E-state index < -0.39 is 11.9 Å². The third-order valence-corrected chi connectivity index (χ3v) is 6.91. The van der Waals surface area contributed by atoms with Crippen LogP contribution >= 0.6 is 11.6 Å². The average molecular weight is 516 g/mol. The lowest BCUT2D eigenvalue weighted by molar-refractivity contribution is -0.119. The molecular formula is C30H27ClFN3O2. The monoisotopic (exact) mass is 515 g/mol. The van der Waals surface area contributed by atoms with Crippen molar-refractivity contribution in [1.82, 2.24) is 9.47 Å². The van der Waals surface area contributed by atoms with Gasteiger partial charge in [0.05, 0.1) is 17.1 Å². The van der Waals surface area contributed by atoms with E-state index in [-0.39, 0.29) is 18.4 Å². The Hall–Kier alpha value is -3.90. The lowest BCUT2D eigenvalue weighted by Crippen LogP contribution is -2.47. The SMILES string of the molecule is CCCCN(CC(=O)N1c2ccccc2-n2cccc2C1c1ccc(Cl)cc1)C(=O)c1ccc(F)cc1. The van der Waals surface area contributed by atoms with Crippen LogP contribution in [0, 0.1) is 5.82 Å². The van der Waals surface area contributed by atoms with Crippen LogP contribution in [0.25, 0.3) is 5.69 Å². The van der Waals surface area contributed by atoms with Crippen LogP contribution in [0.15, 0.2) is 91.1 Å². The summed E-state index contributed by atoms with van der Waals surface area (Å²) in [6.45, 7) is 2.36. The highest BCUT2D eigenvalue weighted by Crippen LogP contribution is 2.42. The Bertz CT molecular complexity index is 1420. The molecule has 0 aliphatic carbocycles. The molecule has 5 nitrogen and oxygen atoms in total. The van der Waals surface area contributed by atoms with E-state index in [0.717, 1.165) is 35.5 Å². The second-order valence-electron chi connectivity index (χ2n) is 9.10. The van der Waals surface area contributed by atoms with Gasteiger partial charge in [0, 0.05) is 23.3 Å². The topological polar surface area (TPSA) is 45.6 Å². The predicted octanol–water partition coefficient (Wildman–Crippen LogP) is 6.65. The predicted molar refractivity (Wildman–Crippen MR) is 144 cm³/mol. The lowest BCUT2D eigenvalue weighted by atomic mass is 9.97. The summed E-state index contributed by atoms with van der Waals surface area (Å²) in [7, 11) is 0. The first kappa shape index (κ1) is 24.8. The van der Waals surface area contributed by atoms with Crippen molar-refractivity contribution in [2.75, 3.05) is 18.0 Å². The summed E-state index contributed by atoms with van der Waals surface area (Å²) < 4.78 is 15.6. The Morgan fingerprint density at radius 2 is 1.62 bits per heavy atom. The number of benzene rings is 3. The summed E-state index contributed by atoms with van der Waals surface area (Å²) in [4.78, 5) is 30.9. The fourth-order valence-corrected chi connectivity index (χ4v) is 4.96. The van der Waals surface area contributed by atoms with Crippen molar-refractivity contribution in [1.29, 1.82) is 0 Å². The molecule has 37 heavy (non-hydrogen) atoms. The number of fused-ring (bicyclic) bond motifs is 3. The number of nitrogens with zero attached hydrogens (tertiary/aromatic N) is 3. The van der Waals surface area contributed by atoms with E-state index in [1.807, 2.05) is 73.8 Å². The lowest BCUT2D eigenvalue weighted by Gasteiger charge is -2.39. The normalized spacial score (nSPS) is 14.1. The van der Waals surface area contributed by atoms with Crippen molar-refractivity contribution in [3.05, 3.63) is 119 Å².